The number of aryl methyl sites for hydroxylation is 2. The van der Waals surface area contributed by atoms with Crippen LogP contribution in [0.4, 0.5) is 0 Å². The first-order valence-electron chi connectivity index (χ1n) is 9.69. The van der Waals surface area contributed by atoms with Crippen LogP contribution in [0.3, 0.4) is 0 Å². The van der Waals surface area contributed by atoms with Crippen LogP contribution in [0.5, 0.6) is 0 Å². The van der Waals surface area contributed by atoms with Gasteiger partial charge in [0.25, 0.3) is 5.56 Å². The van der Waals surface area contributed by atoms with Crippen molar-refractivity contribution in [2.75, 3.05) is 13.1 Å². The van der Waals surface area contributed by atoms with Gasteiger partial charge in [0.15, 0.2) is 0 Å². The van der Waals surface area contributed by atoms with Crippen molar-refractivity contribution in [1.82, 2.24) is 14.5 Å². The van der Waals surface area contributed by atoms with Crippen molar-refractivity contribution in [3.05, 3.63) is 57.5 Å². The summed E-state index contributed by atoms with van der Waals surface area (Å²) >= 11 is 0. The summed E-state index contributed by atoms with van der Waals surface area (Å²) in [4.78, 5) is 28.7. The van der Waals surface area contributed by atoms with E-state index in [1.54, 1.807) is 0 Å². The number of pyridine rings is 1. The molecule has 3 rings (SSSR count). The van der Waals surface area contributed by atoms with E-state index >= 15 is 0 Å². The molecule has 0 saturated carbocycles. The molecule has 0 atom stereocenters. The molecule has 2 heterocycles. The quantitative estimate of drug-likeness (QED) is 0.655. The zero-order valence-electron chi connectivity index (χ0n) is 16.9. The van der Waals surface area contributed by atoms with Gasteiger partial charge in [-0.15, -0.1) is 0 Å². The number of nitrogens with one attached hydrogen (secondary N) is 1. The van der Waals surface area contributed by atoms with Crippen LogP contribution in [0.1, 0.15) is 42.3 Å². The molecule has 3 aromatic rings. The third kappa shape index (κ3) is 3.60. The number of carbonyl (C=O) groups is 1. The van der Waals surface area contributed by atoms with Crippen LogP contribution < -0.4 is 5.56 Å². The van der Waals surface area contributed by atoms with Crippen molar-refractivity contribution in [3.8, 4) is 11.3 Å². The Hall–Kier alpha value is -2.86. The summed E-state index contributed by atoms with van der Waals surface area (Å²) in [7, 11) is 2.04. The zero-order chi connectivity index (χ0) is 20.4. The first-order chi connectivity index (χ1) is 13.4. The molecular formula is C22H27N3O3. The summed E-state index contributed by atoms with van der Waals surface area (Å²) in [6.45, 7) is 9.09. The molecule has 0 aliphatic carbocycles. The second-order valence-electron chi connectivity index (χ2n) is 7.03. The summed E-state index contributed by atoms with van der Waals surface area (Å²) in [5.41, 5.74) is 3.99. The number of aromatic carboxylic acids is 1. The summed E-state index contributed by atoms with van der Waals surface area (Å²) < 4.78 is 2.12. The average Bonchev–Trinajstić information content (AvgIpc) is 3.00. The number of aromatic amines is 1. The van der Waals surface area contributed by atoms with E-state index in [0.29, 0.717) is 12.1 Å². The average molecular weight is 381 g/mol. The van der Waals surface area contributed by atoms with Gasteiger partial charge in [0.05, 0.1) is 5.69 Å². The monoisotopic (exact) mass is 381 g/mol. The highest BCUT2D eigenvalue weighted by Gasteiger charge is 2.16. The molecule has 6 nitrogen and oxygen atoms in total. The lowest BCUT2D eigenvalue weighted by molar-refractivity contribution is 0.0695. The Kier molecular flexibility index (Phi) is 5.70. The number of rotatable bonds is 7. The molecule has 0 saturated heterocycles. The van der Waals surface area contributed by atoms with Crippen LogP contribution in [0, 0.1) is 0 Å². The maximum Gasteiger partial charge on any atom is 0.341 e. The van der Waals surface area contributed by atoms with Crippen molar-refractivity contribution in [2.24, 2.45) is 7.05 Å². The van der Waals surface area contributed by atoms with E-state index in [9.17, 15) is 14.7 Å². The van der Waals surface area contributed by atoms with E-state index in [4.69, 9.17) is 0 Å². The molecule has 0 aliphatic rings. The Morgan fingerprint density at radius 1 is 1.14 bits per heavy atom. The molecule has 0 fully saturated rings. The predicted molar refractivity (Wildman–Crippen MR) is 112 cm³/mol. The molecule has 148 valence electrons. The van der Waals surface area contributed by atoms with Gasteiger partial charge in [0.1, 0.15) is 5.56 Å². The number of aromatic nitrogens is 2. The van der Waals surface area contributed by atoms with Crippen LogP contribution in [0.25, 0.3) is 22.2 Å². The van der Waals surface area contributed by atoms with Crippen LogP contribution in [0.2, 0.25) is 0 Å². The molecule has 1 aromatic carbocycles. The van der Waals surface area contributed by atoms with Gasteiger partial charge in [-0.2, -0.15) is 0 Å². The van der Waals surface area contributed by atoms with Crippen molar-refractivity contribution < 1.29 is 9.90 Å². The maximum absolute atomic E-state index is 12.2. The molecule has 0 amide bonds. The smallest absolute Gasteiger partial charge is 0.341 e. The highest BCUT2D eigenvalue weighted by atomic mass is 16.4. The lowest BCUT2D eigenvalue weighted by atomic mass is 10.00. The fraction of sp³-hybridized carbons (Fsp3) is 0.364. The van der Waals surface area contributed by atoms with Crippen LogP contribution in [0.15, 0.2) is 35.3 Å². The van der Waals surface area contributed by atoms with Gasteiger partial charge in [-0.05, 0) is 54.4 Å². The standard InChI is InChI=1S/C22H27N3O3/c1-5-14-10-18(22(27)28)21(26)23-20(14)15-8-9-19-17(11-15)16(12-24(19)4)13-25(6-2)7-3/h8-12H,5-7,13H2,1-4H3,(H,23,26)(H,27,28). The summed E-state index contributed by atoms with van der Waals surface area (Å²) in [6.07, 6.45) is 2.79. The van der Waals surface area contributed by atoms with Gasteiger partial charge in [0, 0.05) is 30.7 Å². The molecule has 6 heteroatoms. The summed E-state index contributed by atoms with van der Waals surface area (Å²) in [6, 6.07) is 7.62. The van der Waals surface area contributed by atoms with Crippen LogP contribution in [-0.4, -0.2) is 38.6 Å². The highest BCUT2D eigenvalue weighted by Crippen LogP contribution is 2.29. The first kappa shape index (κ1) is 19.9. The molecule has 28 heavy (non-hydrogen) atoms. The summed E-state index contributed by atoms with van der Waals surface area (Å²) in [5, 5.41) is 10.4. The van der Waals surface area contributed by atoms with E-state index in [-0.39, 0.29) is 5.56 Å². The molecule has 0 bridgehead atoms. The number of hydrogen-bond donors (Lipinski definition) is 2. The Morgan fingerprint density at radius 2 is 1.86 bits per heavy atom. The van der Waals surface area contributed by atoms with Gasteiger partial charge >= 0.3 is 5.97 Å². The zero-order valence-corrected chi connectivity index (χ0v) is 16.9. The topological polar surface area (TPSA) is 78.3 Å². The molecule has 2 aromatic heterocycles. The van der Waals surface area contributed by atoms with Crippen LogP contribution in [-0.2, 0) is 20.0 Å². The number of carboxylic acid groups (broad SMARTS) is 1. The normalized spacial score (nSPS) is 11.5. The summed E-state index contributed by atoms with van der Waals surface area (Å²) in [5.74, 6) is -1.21. The molecule has 0 unspecified atom stereocenters. The minimum Gasteiger partial charge on any atom is -0.477 e. The number of benzene rings is 1. The number of H-pyrrole nitrogens is 1. The van der Waals surface area contributed by atoms with Gasteiger partial charge in [-0.1, -0.05) is 26.8 Å². The molecule has 0 aliphatic heterocycles. The maximum atomic E-state index is 12.2. The molecule has 0 radical (unpaired) electrons. The second kappa shape index (κ2) is 8.02. The fourth-order valence-corrected chi connectivity index (χ4v) is 3.71. The fourth-order valence-electron chi connectivity index (χ4n) is 3.71. The van der Waals surface area contributed by atoms with E-state index in [0.717, 1.165) is 41.7 Å². The minimum atomic E-state index is -1.21. The van der Waals surface area contributed by atoms with E-state index < -0.39 is 11.5 Å². The van der Waals surface area contributed by atoms with Gasteiger partial charge < -0.3 is 14.7 Å². The predicted octanol–water partition coefficient (Wildman–Crippen LogP) is 3.64. The number of nitrogens with zero attached hydrogens (tertiary/aromatic N) is 2. The molecular weight excluding hydrogens is 354 g/mol. The number of hydrogen-bond acceptors (Lipinski definition) is 3. The minimum absolute atomic E-state index is 0.219. The highest BCUT2D eigenvalue weighted by molar-refractivity contribution is 5.90. The SMILES string of the molecule is CCc1cc(C(=O)O)c(=O)[nH]c1-c1ccc2c(c1)c(CN(CC)CC)cn2C. The Labute approximate surface area is 164 Å². The van der Waals surface area contributed by atoms with Crippen molar-refractivity contribution in [2.45, 2.75) is 33.7 Å². The van der Waals surface area contributed by atoms with Gasteiger partial charge in [-0.25, -0.2) is 4.79 Å². The lowest BCUT2D eigenvalue weighted by Gasteiger charge is -2.17. The Bertz CT molecular complexity index is 1070. The van der Waals surface area contributed by atoms with Crippen LogP contribution >= 0.6 is 0 Å². The third-order valence-electron chi connectivity index (χ3n) is 5.38. The van der Waals surface area contributed by atoms with E-state index in [1.807, 2.05) is 20.0 Å². The second-order valence-corrected chi connectivity index (χ2v) is 7.03. The van der Waals surface area contributed by atoms with Gasteiger partial charge in [-0.3, -0.25) is 9.69 Å². The van der Waals surface area contributed by atoms with E-state index in [2.05, 4.69) is 46.6 Å². The third-order valence-corrected chi connectivity index (χ3v) is 5.38. The Balaban J connectivity index is 2.16. The Morgan fingerprint density at radius 3 is 2.46 bits per heavy atom. The largest absolute Gasteiger partial charge is 0.477 e. The van der Waals surface area contributed by atoms with Crippen molar-refractivity contribution >= 4 is 16.9 Å². The lowest BCUT2D eigenvalue weighted by Crippen LogP contribution is -2.21. The van der Waals surface area contributed by atoms with Gasteiger partial charge in [0.2, 0.25) is 0 Å². The number of fused-ring (bicyclic) bond motifs is 1. The van der Waals surface area contributed by atoms with Crippen molar-refractivity contribution in [3.63, 3.8) is 0 Å². The molecule has 0 spiro atoms. The van der Waals surface area contributed by atoms with E-state index in [1.165, 1.54) is 11.6 Å². The van der Waals surface area contributed by atoms with Crippen molar-refractivity contribution in [1.29, 1.82) is 0 Å². The molecule has 2 N–H and O–H groups in total. The number of carboxylic acids is 1. The first-order valence-corrected chi connectivity index (χ1v) is 9.69.